The Morgan fingerprint density at radius 3 is 1.79 bits per heavy atom. The van der Waals surface area contributed by atoms with Crippen molar-refractivity contribution in [3.63, 3.8) is 0 Å². The van der Waals surface area contributed by atoms with Crippen LogP contribution in [0.25, 0.3) is 0 Å². The summed E-state index contributed by atoms with van der Waals surface area (Å²) in [7, 11) is 1.89. The van der Waals surface area contributed by atoms with E-state index in [1.165, 1.54) is 19.3 Å². The van der Waals surface area contributed by atoms with Crippen molar-refractivity contribution in [1.29, 1.82) is 0 Å². The summed E-state index contributed by atoms with van der Waals surface area (Å²) in [4.78, 5) is 12.4. The summed E-state index contributed by atoms with van der Waals surface area (Å²) < 4.78 is 0. The topological polar surface area (TPSA) is 102 Å². The van der Waals surface area contributed by atoms with Gasteiger partial charge in [-0.25, -0.2) is 4.99 Å². The molecule has 0 bridgehead atoms. The number of hydrogen-bond donors (Lipinski definition) is 5. The lowest BCUT2D eigenvalue weighted by Gasteiger charge is -2.53. The number of nitrogens with one attached hydrogen (secondary N) is 4. The average molecular weight is 605 g/mol. The van der Waals surface area contributed by atoms with Crippen molar-refractivity contribution < 1.29 is 0 Å². The zero-order valence-electron chi connectivity index (χ0n) is 31.0. The molecule has 2 heterocycles. The highest BCUT2D eigenvalue weighted by Gasteiger charge is 2.44. The van der Waals surface area contributed by atoms with E-state index in [1.54, 1.807) is 0 Å². The van der Waals surface area contributed by atoms with Crippen molar-refractivity contribution in [1.82, 2.24) is 26.2 Å². The monoisotopic (exact) mass is 605 g/mol. The highest BCUT2D eigenvalue weighted by Crippen LogP contribution is 2.35. The van der Waals surface area contributed by atoms with E-state index in [1.807, 2.05) is 7.05 Å². The van der Waals surface area contributed by atoms with Gasteiger partial charge in [0, 0.05) is 41.3 Å². The number of unbranched alkanes of at least 4 members (excludes halogenated alkanes) is 2. The zero-order chi connectivity index (χ0) is 33.1. The van der Waals surface area contributed by atoms with Crippen LogP contribution in [0, 0.1) is 5.41 Å². The van der Waals surface area contributed by atoms with Gasteiger partial charge in [-0.1, -0.05) is 47.0 Å². The first-order chi connectivity index (χ1) is 19.4. The number of piperidine rings is 2. The Balaban J connectivity index is 2.56. The molecule has 1 atom stereocenters. The maximum atomic E-state index is 6.70. The third kappa shape index (κ3) is 12.9. The quantitative estimate of drug-likeness (QED) is 0.0844. The van der Waals surface area contributed by atoms with Gasteiger partial charge in [0.05, 0.1) is 11.7 Å². The van der Waals surface area contributed by atoms with Crippen molar-refractivity contribution in [2.75, 3.05) is 7.05 Å². The summed E-state index contributed by atoms with van der Waals surface area (Å²) in [5.41, 5.74) is 6.66. The third-order valence-corrected chi connectivity index (χ3v) is 8.68. The van der Waals surface area contributed by atoms with Crippen LogP contribution < -0.4 is 27.0 Å². The van der Waals surface area contributed by atoms with Crippen LogP contribution in [-0.4, -0.2) is 69.8 Å². The molecule has 6 N–H and O–H groups in total. The fourth-order valence-corrected chi connectivity index (χ4v) is 8.68. The lowest BCUT2D eigenvalue weighted by atomic mass is 9.78. The van der Waals surface area contributed by atoms with E-state index in [0.29, 0.717) is 12.0 Å². The number of hydrogen-bond acceptors (Lipinski definition) is 5. The molecule has 0 aromatic carbocycles. The van der Waals surface area contributed by atoms with Crippen LogP contribution in [0.3, 0.4) is 0 Å². The molecule has 2 fully saturated rings. The van der Waals surface area contributed by atoms with Crippen LogP contribution >= 0.6 is 0 Å². The minimum atomic E-state index is -0.289. The summed E-state index contributed by atoms with van der Waals surface area (Å²) in [5, 5.41) is 15.5. The van der Waals surface area contributed by atoms with Crippen LogP contribution in [0.4, 0.5) is 0 Å². The summed E-state index contributed by atoms with van der Waals surface area (Å²) in [5.74, 6) is 1.25. The van der Waals surface area contributed by atoms with E-state index in [9.17, 15) is 0 Å². The van der Waals surface area contributed by atoms with E-state index in [4.69, 9.17) is 15.7 Å². The normalized spacial score (nSPS) is 24.1. The molecule has 0 radical (unpaired) electrons. The molecule has 2 aliphatic heterocycles. The molecule has 2 rings (SSSR count). The fourth-order valence-electron chi connectivity index (χ4n) is 8.68. The molecule has 43 heavy (non-hydrogen) atoms. The lowest BCUT2D eigenvalue weighted by Crippen LogP contribution is -2.69. The van der Waals surface area contributed by atoms with Gasteiger partial charge in [0.2, 0.25) is 5.96 Å². The van der Waals surface area contributed by atoms with E-state index < -0.39 is 0 Å². The highest BCUT2D eigenvalue weighted by atomic mass is 15.4. The number of nitrogens with zero attached hydrogens (tertiary/aromatic N) is 3. The standard InChI is InChI=1S/C35H72N8/c1-16-17-18-19-27(38-25-20-31(5,6)41-32(7,8)21-25)43(26-22-33(9,10)42-34(11,12)23-26)29(37-15)39-28(36)40-35(13,14)24-30(2,3)4/h25-27,38,41-42H,16-24H2,1-15H3,(H3,36,37,39,40). The molecule has 0 aromatic rings. The van der Waals surface area contributed by atoms with Gasteiger partial charge in [0.25, 0.3) is 0 Å². The first-order valence-corrected chi connectivity index (χ1v) is 17.1. The second kappa shape index (κ2) is 13.9. The van der Waals surface area contributed by atoms with Crippen molar-refractivity contribution in [3.05, 3.63) is 0 Å². The summed E-state index contributed by atoms with van der Waals surface area (Å²) in [6.07, 6.45) is 9.87. The largest absolute Gasteiger partial charge is 0.370 e. The van der Waals surface area contributed by atoms with Crippen molar-refractivity contribution in [2.24, 2.45) is 21.1 Å². The predicted octanol–water partition coefficient (Wildman–Crippen LogP) is 6.51. The second-order valence-electron chi connectivity index (χ2n) is 18.3. The smallest absolute Gasteiger partial charge is 0.202 e. The van der Waals surface area contributed by atoms with Crippen LogP contribution in [-0.2, 0) is 0 Å². The van der Waals surface area contributed by atoms with Gasteiger partial charge in [-0.3, -0.25) is 15.6 Å². The summed E-state index contributed by atoms with van der Waals surface area (Å²) >= 11 is 0. The second-order valence-corrected chi connectivity index (χ2v) is 18.3. The van der Waals surface area contributed by atoms with E-state index in [0.717, 1.165) is 44.5 Å². The van der Waals surface area contributed by atoms with Gasteiger partial charge in [-0.2, -0.15) is 0 Å². The summed E-state index contributed by atoms with van der Waals surface area (Å²) in [6.45, 7) is 32.0. The number of nitrogens with two attached hydrogens (primary N) is 1. The van der Waals surface area contributed by atoms with Gasteiger partial charge in [-0.15, -0.1) is 0 Å². The molecule has 2 saturated heterocycles. The van der Waals surface area contributed by atoms with E-state index in [-0.39, 0.29) is 45.3 Å². The molecule has 1 unspecified atom stereocenters. The molecule has 8 nitrogen and oxygen atoms in total. The van der Waals surface area contributed by atoms with Gasteiger partial charge >= 0.3 is 0 Å². The van der Waals surface area contributed by atoms with Gasteiger partial charge in [0.1, 0.15) is 0 Å². The van der Waals surface area contributed by atoms with Crippen molar-refractivity contribution in [3.8, 4) is 0 Å². The van der Waals surface area contributed by atoms with Crippen LogP contribution in [0.15, 0.2) is 9.98 Å². The first kappa shape index (κ1) is 37.8. The van der Waals surface area contributed by atoms with E-state index in [2.05, 4.69) is 123 Å². The maximum Gasteiger partial charge on any atom is 0.202 e. The average Bonchev–Trinajstić information content (AvgIpc) is 2.72. The molecule has 0 saturated carbocycles. The minimum Gasteiger partial charge on any atom is -0.370 e. The molecule has 0 aliphatic carbocycles. The number of aliphatic imine (C=N–C) groups is 2. The summed E-state index contributed by atoms with van der Waals surface area (Å²) in [6, 6.07) is 0.660. The molecule has 252 valence electrons. The van der Waals surface area contributed by atoms with Gasteiger partial charge in [0.15, 0.2) is 5.96 Å². The lowest BCUT2D eigenvalue weighted by molar-refractivity contribution is 0.0549. The Labute approximate surface area is 266 Å². The number of rotatable bonds is 10. The van der Waals surface area contributed by atoms with Crippen LogP contribution in [0.2, 0.25) is 0 Å². The van der Waals surface area contributed by atoms with Gasteiger partial charge in [-0.05, 0) is 113 Å². The Bertz CT molecular complexity index is 921. The SMILES string of the molecule is CCCCCC(NC1CC(C)(C)NC(C)(C)C1)N(C(=NC)NC(N)=NC(C)(C)CC(C)(C)C)C1CC(C)(C)NC(C)(C)C1. The molecule has 0 aromatic heterocycles. The predicted molar refractivity (Wildman–Crippen MR) is 188 cm³/mol. The Morgan fingerprint density at radius 2 is 1.35 bits per heavy atom. The minimum absolute atomic E-state index is 0.00936. The Hall–Kier alpha value is -1.38. The first-order valence-electron chi connectivity index (χ1n) is 17.1. The molecular weight excluding hydrogens is 532 g/mol. The molecule has 0 spiro atoms. The van der Waals surface area contributed by atoms with E-state index >= 15 is 0 Å². The van der Waals surface area contributed by atoms with Crippen molar-refractivity contribution >= 4 is 11.9 Å². The van der Waals surface area contributed by atoms with Crippen molar-refractivity contribution in [2.45, 2.75) is 201 Å². The van der Waals surface area contributed by atoms with Crippen LogP contribution in [0.5, 0.6) is 0 Å². The molecule has 0 amide bonds. The maximum absolute atomic E-state index is 6.70. The van der Waals surface area contributed by atoms with Crippen LogP contribution in [0.1, 0.15) is 155 Å². The Kier molecular flexibility index (Phi) is 12.3. The third-order valence-electron chi connectivity index (χ3n) is 8.68. The molecule has 2 aliphatic rings. The van der Waals surface area contributed by atoms with Gasteiger partial charge < -0.3 is 21.3 Å². The zero-order valence-corrected chi connectivity index (χ0v) is 31.0. The number of guanidine groups is 2. The highest BCUT2D eigenvalue weighted by molar-refractivity contribution is 5.98. The Morgan fingerprint density at radius 1 is 0.860 bits per heavy atom. The molecular formula is C35H72N8. The molecule has 8 heteroatoms. The fraction of sp³-hybridized carbons (Fsp3) is 0.943.